The van der Waals surface area contributed by atoms with Gasteiger partial charge < -0.3 is 4.74 Å². The Morgan fingerprint density at radius 1 is 1.04 bits per heavy atom. The average molecular weight is 438 g/mol. The number of halogens is 1. The zero-order chi connectivity index (χ0) is 17.5. The molecule has 0 heterocycles. The molecule has 6 heteroatoms. The summed E-state index contributed by atoms with van der Waals surface area (Å²) in [7, 11) is 0. The van der Waals surface area contributed by atoms with Crippen molar-refractivity contribution in [1.82, 2.24) is 10.9 Å². The van der Waals surface area contributed by atoms with Crippen LogP contribution in [0.5, 0.6) is 5.75 Å². The number of benzene rings is 2. The smallest absolute Gasteiger partial charge is 0.270 e. The molecule has 2 N–H and O–H groups in total. The minimum Gasteiger partial charge on any atom is -0.491 e. The summed E-state index contributed by atoms with van der Waals surface area (Å²) >= 11 is 2.07. The lowest BCUT2D eigenvalue weighted by Gasteiger charge is -2.13. The Kier molecular flexibility index (Phi) is 6.60. The van der Waals surface area contributed by atoms with Crippen LogP contribution in [0.2, 0.25) is 0 Å². The molecule has 2 aromatic rings. The van der Waals surface area contributed by atoms with Gasteiger partial charge in [-0.15, -0.1) is 0 Å². The van der Waals surface area contributed by atoms with Gasteiger partial charge in [-0.25, -0.2) is 0 Å². The zero-order valence-corrected chi connectivity index (χ0v) is 15.7. The van der Waals surface area contributed by atoms with Crippen molar-refractivity contribution < 1.29 is 14.3 Å². The van der Waals surface area contributed by atoms with E-state index in [0.717, 1.165) is 9.99 Å². The molecular weight excluding hydrogens is 419 g/mol. The molecule has 0 radical (unpaired) electrons. The number of ether oxygens (including phenoxy) is 1. The second-order valence-electron chi connectivity index (χ2n) is 5.25. The van der Waals surface area contributed by atoms with Crippen LogP contribution >= 0.6 is 22.6 Å². The van der Waals surface area contributed by atoms with Crippen molar-refractivity contribution in [2.75, 3.05) is 0 Å². The van der Waals surface area contributed by atoms with Gasteiger partial charge in [-0.1, -0.05) is 19.1 Å². The molecule has 0 saturated carbocycles. The van der Waals surface area contributed by atoms with Crippen LogP contribution in [-0.2, 0) is 0 Å². The fourth-order valence-corrected chi connectivity index (χ4v) is 2.53. The Morgan fingerprint density at radius 3 is 2.29 bits per heavy atom. The number of rotatable bonds is 5. The van der Waals surface area contributed by atoms with Crippen molar-refractivity contribution in [2.24, 2.45) is 0 Å². The molecule has 1 unspecified atom stereocenters. The van der Waals surface area contributed by atoms with Crippen LogP contribution in [0, 0.1) is 3.57 Å². The number of hydrogen-bond acceptors (Lipinski definition) is 3. The maximum absolute atomic E-state index is 12.1. The van der Waals surface area contributed by atoms with Gasteiger partial charge in [0.05, 0.1) is 11.7 Å². The summed E-state index contributed by atoms with van der Waals surface area (Å²) < 4.78 is 6.48. The van der Waals surface area contributed by atoms with Crippen molar-refractivity contribution in [1.29, 1.82) is 0 Å². The Labute approximate surface area is 154 Å². The molecule has 0 bridgehead atoms. The lowest BCUT2D eigenvalue weighted by Crippen LogP contribution is -2.41. The standard InChI is InChI=1S/C18H19IN2O3/c1-3-12(2)24-14-10-8-13(9-11-14)17(22)20-21-18(23)15-6-4-5-7-16(15)19/h4-12H,3H2,1-2H3,(H,20,22)(H,21,23). The van der Waals surface area contributed by atoms with Crippen molar-refractivity contribution in [3.8, 4) is 5.75 Å². The fourth-order valence-electron chi connectivity index (χ4n) is 1.90. The molecule has 2 rings (SSSR count). The van der Waals surface area contributed by atoms with Crippen LogP contribution in [0.4, 0.5) is 0 Å². The first-order valence-corrected chi connectivity index (χ1v) is 8.71. The van der Waals surface area contributed by atoms with E-state index in [1.165, 1.54) is 0 Å². The lowest BCUT2D eigenvalue weighted by atomic mass is 10.2. The Bertz CT molecular complexity index is 716. The van der Waals surface area contributed by atoms with E-state index in [1.807, 2.05) is 26.0 Å². The average Bonchev–Trinajstić information content (AvgIpc) is 2.60. The Balaban J connectivity index is 1.93. The summed E-state index contributed by atoms with van der Waals surface area (Å²) in [4.78, 5) is 24.1. The van der Waals surface area contributed by atoms with Crippen LogP contribution in [0.25, 0.3) is 0 Å². The highest BCUT2D eigenvalue weighted by molar-refractivity contribution is 14.1. The predicted octanol–water partition coefficient (Wildman–Crippen LogP) is 3.54. The normalized spacial score (nSPS) is 11.5. The first kappa shape index (κ1) is 18.3. The third kappa shape index (κ3) is 4.95. The number of hydrogen-bond donors (Lipinski definition) is 2. The monoisotopic (exact) mass is 438 g/mol. The van der Waals surface area contributed by atoms with Crippen molar-refractivity contribution in [3.63, 3.8) is 0 Å². The van der Waals surface area contributed by atoms with Gasteiger partial charge in [0, 0.05) is 9.13 Å². The molecule has 0 saturated heterocycles. The van der Waals surface area contributed by atoms with Gasteiger partial charge in [-0.3, -0.25) is 20.4 Å². The van der Waals surface area contributed by atoms with Gasteiger partial charge in [0.2, 0.25) is 0 Å². The molecule has 1 atom stereocenters. The quantitative estimate of drug-likeness (QED) is 0.555. The Hall–Kier alpha value is -2.09. The largest absolute Gasteiger partial charge is 0.491 e. The van der Waals surface area contributed by atoms with Crippen molar-refractivity contribution in [3.05, 3.63) is 63.2 Å². The van der Waals surface area contributed by atoms with Crippen LogP contribution in [0.3, 0.4) is 0 Å². The minimum absolute atomic E-state index is 0.123. The highest BCUT2D eigenvalue weighted by Crippen LogP contribution is 2.15. The molecule has 24 heavy (non-hydrogen) atoms. The van der Waals surface area contributed by atoms with Gasteiger partial charge >= 0.3 is 0 Å². The number of nitrogens with one attached hydrogen (secondary N) is 2. The molecule has 126 valence electrons. The number of hydrazine groups is 1. The number of carbonyl (C=O) groups is 2. The van der Waals surface area contributed by atoms with E-state index in [1.54, 1.807) is 36.4 Å². The van der Waals surface area contributed by atoms with Crippen LogP contribution in [-0.4, -0.2) is 17.9 Å². The van der Waals surface area contributed by atoms with E-state index in [-0.39, 0.29) is 17.9 Å². The summed E-state index contributed by atoms with van der Waals surface area (Å²) in [5.74, 6) is -0.0294. The molecule has 5 nitrogen and oxygen atoms in total. The lowest BCUT2D eigenvalue weighted by molar-refractivity contribution is 0.0846. The summed E-state index contributed by atoms with van der Waals surface area (Å²) in [6.45, 7) is 4.03. The zero-order valence-electron chi connectivity index (χ0n) is 13.5. The van der Waals surface area contributed by atoms with Crippen LogP contribution in [0.1, 0.15) is 41.0 Å². The van der Waals surface area contributed by atoms with Crippen molar-refractivity contribution >= 4 is 34.4 Å². The second kappa shape index (κ2) is 8.68. The molecule has 2 amide bonds. The molecule has 0 aliphatic heterocycles. The van der Waals surface area contributed by atoms with Gasteiger partial charge in [0.25, 0.3) is 11.8 Å². The molecule has 0 aliphatic rings. The molecular formula is C18H19IN2O3. The third-order valence-electron chi connectivity index (χ3n) is 3.44. The van der Waals surface area contributed by atoms with Crippen LogP contribution < -0.4 is 15.6 Å². The second-order valence-corrected chi connectivity index (χ2v) is 6.41. The molecule has 2 aromatic carbocycles. The van der Waals surface area contributed by atoms with E-state index in [0.29, 0.717) is 16.9 Å². The molecule has 0 aromatic heterocycles. The maximum Gasteiger partial charge on any atom is 0.270 e. The number of carbonyl (C=O) groups excluding carboxylic acids is 2. The van der Waals surface area contributed by atoms with Gasteiger partial charge in [0.1, 0.15) is 5.75 Å². The first-order valence-electron chi connectivity index (χ1n) is 7.63. The highest BCUT2D eigenvalue weighted by atomic mass is 127. The Morgan fingerprint density at radius 2 is 1.67 bits per heavy atom. The SMILES string of the molecule is CCC(C)Oc1ccc(C(=O)NNC(=O)c2ccccc2I)cc1. The molecule has 0 spiro atoms. The molecule has 0 aliphatic carbocycles. The molecule has 0 fully saturated rings. The maximum atomic E-state index is 12.1. The summed E-state index contributed by atoms with van der Waals surface area (Å²) in [5.41, 5.74) is 5.78. The summed E-state index contributed by atoms with van der Waals surface area (Å²) in [5, 5.41) is 0. The highest BCUT2D eigenvalue weighted by Gasteiger charge is 2.11. The van der Waals surface area contributed by atoms with Crippen LogP contribution in [0.15, 0.2) is 48.5 Å². The van der Waals surface area contributed by atoms with E-state index < -0.39 is 0 Å². The van der Waals surface area contributed by atoms with E-state index in [2.05, 4.69) is 33.4 Å². The number of amides is 2. The van der Waals surface area contributed by atoms with E-state index in [9.17, 15) is 9.59 Å². The summed E-state index contributed by atoms with van der Waals surface area (Å²) in [6, 6.07) is 13.9. The van der Waals surface area contributed by atoms with Crippen molar-refractivity contribution in [2.45, 2.75) is 26.4 Å². The van der Waals surface area contributed by atoms with Gasteiger partial charge in [-0.05, 0) is 72.3 Å². The predicted molar refractivity (Wildman–Crippen MR) is 101 cm³/mol. The first-order chi connectivity index (χ1) is 11.5. The summed E-state index contributed by atoms with van der Waals surface area (Å²) in [6.07, 6.45) is 1.03. The minimum atomic E-state index is -0.385. The topological polar surface area (TPSA) is 67.4 Å². The third-order valence-corrected chi connectivity index (χ3v) is 4.38. The van der Waals surface area contributed by atoms with E-state index >= 15 is 0 Å². The van der Waals surface area contributed by atoms with E-state index in [4.69, 9.17) is 4.74 Å². The fraction of sp³-hybridized carbons (Fsp3) is 0.222. The van der Waals surface area contributed by atoms with Gasteiger partial charge in [0.15, 0.2) is 0 Å². The van der Waals surface area contributed by atoms with Gasteiger partial charge in [-0.2, -0.15) is 0 Å².